The number of hydrogen-bond acceptors (Lipinski definition) is 9. The smallest absolute Gasteiger partial charge is 0.459 e. The van der Waals surface area contributed by atoms with Crippen LogP contribution in [0.3, 0.4) is 0 Å². The summed E-state index contributed by atoms with van der Waals surface area (Å²) in [6.45, 7) is 5.00. The van der Waals surface area contributed by atoms with Gasteiger partial charge in [-0.2, -0.15) is 5.09 Å². The van der Waals surface area contributed by atoms with Gasteiger partial charge in [-0.1, -0.05) is 48.0 Å². The number of fused-ring (bicyclic) bond motifs is 1. The maximum Gasteiger partial charge on any atom is 0.459 e. The molecule has 0 bridgehead atoms. The Labute approximate surface area is 238 Å². The van der Waals surface area contributed by atoms with Gasteiger partial charge in [0.05, 0.1) is 12.7 Å². The number of nitrogens with one attached hydrogen (secondary N) is 2. The van der Waals surface area contributed by atoms with Crippen molar-refractivity contribution in [2.45, 2.75) is 63.9 Å². The van der Waals surface area contributed by atoms with E-state index in [4.69, 9.17) is 30.1 Å². The van der Waals surface area contributed by atoms with E-state index in [0.29, 0.717) is 9.95 Å². The fourth-order valence-electron chi connectivity index (χ4n) is 4.28. The number of carbonyl (C=O) groups is 1. The molecule has 1 saturated heterocycles. The van der Waals surface area contributed by atoms with Crippen LogP contribution in [-0.2, 0) is 23.4 Å². The Morgan fingerprint density at radius 1 is 1.24 bits per heavy atom. The Bertz CT molecular complexity index is 1590. The van der Waals surface area contributed by atoms with Crippen molar-refractivity contribution in [1.82, 2.24) is 14.6 Å². The standard InChI is InChI=1S/C26H30ClFN3O9P/c1-14(2)38-23(34)15(3)30-41(36,40-19-11-7-9-16-8-5-6-10-17(16)19)37-13-20-21(32)26(4,28)24(39-20)31-12-18(27)22(33)29-25(31)35/h5-12,14-15,20-21,24,32H,13H2,1-4H3,(H,30,36)(H,29,33,35)/t15-,20-,21-,24?,26-,41?/m1/s1. The quantitative estimate of drug-likeness (QED) is 0.228. The number of ether oxygens (including phenoxy) is 2. The molecule has 3 aromatic rings. The minimum absolute atomic E-state index is 0.166. The Morgan fingerprint density at radius 2 is 1.93 bits per heavy atom. The number of benzene rings is 2. The lowest BCUT2D eigenvalue weighted by atomic mass is 9.98. The molecule has 4 rings (SSSR count). The SMILES string of the molecule is CC(C)OC(=O)[C@@H](C)NP(=O)(OC[C@H]1OC(n2cc(Cl)c(=O)[nH]c2=O)[C@](C)(F)[C@@H]1O)Oc1cccc2ccccc12. The zero-order chi connectivity index (χ0) is 30.1. The minimum Gasteiger partial charge on any atom is -0.462 e. The van der Waals surface area contributed by atoms with Crippen molar-refractivity contribution in [3.05, 3.63) is 74.5 Å². The molecule has 1 aliphatic heterocycles. The van der Waals surface area contributed by atoms with Crippen molar-refractivity contribution in [2.75, 3.05) is 6.61 Å². The highest BCUT2D eigenvalue weighted by atomic mass is 35.5. The van der Waals surface area contributed by atoms with Crippen LogP contribution >= 0.6 is 19.3 Å². The lowest BCUT2D eigenvalue weighted by Gasteiger charge is -2.26. The van der Waals surface area contributed by atoms with E-state index in [1.807, 2.05) is 23.2 Å². The van der Waals surface area contributed by atoms with Gasteiger partial charge in [0.15, 0.2) is 11.9 Å². The number of H-pyrrole nitrogens is 1. The van der Waals surface area contributed by atoms with E-state index in [-0.39, 0.29) is 5.75 Å². The van der Waals surface area contributed by atoms with Crippen molar-refractivity contribution < 1.29 is 37.4 Å². The zero-order valence-corrected chi connectivity index (χ0v) is 24.2. The molecule has 0 spiro atoms. The molecule has 0 amide bonds. The van der Waals surface area contributed by atoms with Crippen molar-refractivity contribution in [3.8, 4) is 5.75 Å². The number of aromatic nitrogens is 2. The van der Waals surface area contributed by atoms with Crippen molar-refractivity contribution in [1.29, 1.82) is 0 Å². The summed E-state index contributed by atoms with van der Waals surface area (Å²) in [5.41, 5.74) is -4.47. The first-order valence-electron chi connectivity index (χ1n) is 12.7. The fourth-order valence-corrected chi connectivity index (χ4v) is 5.95. The van der Waals surface area contributed by atoms with Gasteiger partial charge in [-0.15, -0.1) is 0 Å². The van der Waals surface area contributed by atoms with E-state index in [9.17, 15) is 24.1 Å². The Balaban J connectivity index is 1.61. The Kier molecular flexibility index (Phi) is 9.07. The first-order chi connectivity index (χ1) is 19.2. The number of hydrogen-bond donors (Lipinski definition) is 3. The molecule has 0 radical (unpaired) electrons. The van der Waals surface area contributed by atoms with E-state index in [1.54, 1.807) is 38.1 Å². The van der Waals surface area contributed by atoms with Gasteiger partial charge in [0.1, 0.15) is 29.0 Å². The van der Waals surface area contributed by atoms with E-state index in [0.717, 1.165) is 18.5 Å². The van der Waals surface area contributed by atoms with E-state index in [2.05, 4.69) is 5.09 Å². The van der Waals surface area contributed by atoms with Crippen molar-refractivity contribution in [2.24, 2.45) is 0 Å². The van der Waals surface area contributed by atoms with Crippen LogP contribution in [0.2, 0.25) is 5.02 Å². The van der Waals surface area contributed by atoms with Crippen LogP contribution < -0.4 is 20.9 Å². The zero-order valence-electron chi connectivity index (χ0n) is 22.6. The van der Waals surface area contributed by atoms with Crippen LogP contribution in [0.4, 0.5) is 4.39 Å². The summed E-state index contributed by atoms with van der Waals surface area (Å²) in [5, 5.41) is 14.2. The highest BCUT2D eigenvalue weighted by Gasteiger charge is 2.56. The monoisotopic (exact) mass is 613 g/mol. The summed E-state index contributed by atoms with van der Waals surface area (Å²) < 4.78 is 52.6. The summed E-state index contributed by atoms with van der Waals surface area (Å²) in [6.07, 6.45) is -4.62. The molecular formula is C26H30ClFN3O9P. The summed E-state index contributed by atoms with van der Waals surface area (Å²) >= 11 is 5.81. The topological polar surface area (TPSA) is 158 Å². The minimum atomic E-state index is -4.44. The molecule has 1 aliphatic rings. The fraction of sp³-hybridized carbons (Fsp3) is 0.423. The predicted octanol–water partition coefficient (Wildman–Crippen LogP) is 3.46. The normalized spacial score (nSPS) is 24.7. The second-order valence-electron chi connectivity index (χ2n) is 9.96. The molecular weight excluding hydrogens is 584 g/mol. The van der Waals surface area contributed by atoms with Crippen LogP contribution in [0.1, 0.15) is 33.9 Å². The summed E-state index contributed by atoms with van der Waals surface area (Å²) in [6, 6.07) is 11.0. The molecule has 6 atom stereocenters. The molecule has 0 aliphatic carbocycles. The van der Waals surface area contributed by atoms with Crippen LogP contribution in [0.15, 0.2) is 58.3 Å². The average Bonchev–Trinajstić information content (AvgIpc) is 3.13. The summed E-state index contributed by atoms with van der Waals surface area (Å²) in [7, 11) is -4.44. The number of aromatic amines is 1. The predicted molar refractivity (Wildman–Crippen MR) is 148 cm³/mol. The molecule has 12 nitrogen and oxygen atoms in total. The van der Waals surface area contributed by atoms with E-state index < -0.39 is 72.8 Å². The van der Waals surface area contributed by atoms with Gasteiger partial charge in [-0.25, -0.2) is 13.8 Å². The first-order valence-corrected chi connectivity index (χ1v) is 14.6. The van der Waals surface area contributed by atoms with Crippen LogP contribution in [0, 0.1) is 0 Å². The van der Waals surface area contributed by atoms with E-state index in [1.165, 1.54) is 6.92 Å². The Hall–Kier alpha value is -3.06. The third-order valence-electron chi connectivity index (χ3n) is 6.33. The molecule has 15 heteroatoms. The van der Waals surface area contributed by atoms with Gasteiger partial charge >= 0.3 is 19.4 Å². The molecule has 2 aromatic carbocycles. The number of carbonyl (C=O) groups excluding carboxylic acids is 1. The lowest BCUT2D eigenvalue weighted by Crippen LogP contribution is -2.44. The molecule has 1 fully saturated rings. The maximum absolute atomic E-state index is 15.7. The molecule has 41 heavy (non-hydrogen) atoms. The highest BCUT2D eigenvalue weighted by molar-refractivity contribution is 7.52. The number of esters is 1. The molecule has 1 aromatic heterocycles. The van der Waals surface area contributed by atoms with Gasteiger partial charge in [-0.3, -0.25) is 23.7 Å². The first kappa shape index (κ1) is 30.9. The van der Waals surface area contributed by atoms with Crippen molar-refractivity contribution >= 4 is 36.1 Å². The highest BCUT2D eigenvalue weighted by Crippen LogP contribution is 2.48. The number of nitrogens with zero attached hydrogens (tertiary/aromatic N) is 1. The van der Waals surface area contributed by atoms with Gasteiger partial charge < -0.3 is 19.1 Å². The molecule has 2 unspecified atom stereocenters. The number of rotatable bonds is 10. The van der Waals surface area contributed by atoms with Crippen LogP contribution in [0.5, 0.6) is 5.75 Å². The van der Waals surface area contributed by atoms with Gasteiger partial charge in [0.25, 0.3) is 5.56 Å². The van der Waals surface area contributed by atoms with E-state index >= 15 is 4.39 Å². The number of alkyl halides is 1. The molecule has 3 N–H and O–H groups in total. The summed E-state index contributed by atoms with van der Waals surface area (Å²) in [5.74, 6) is -0.563. The largest absolute Gasteiger partial charge is 0.462 e. The second kappa shape index (κ2) is 12.0. The maximum atomic E-state index is 15.7. The van der Waals surface area contributed by atoms with Crippen LogP contribution in [0.25, 0.3) is 10.8 Å². The molecule has 2 heterocycles. The van der Waals surface area contributed by atoms with Gasteiger partial charge in [0, 0.05) is 11.6 Å². The third-order valence-corrected chi connectivity index (χ3v) is 8.23. The van der Waals surface area contributed by atoms with Gasteiger partial charge in [0.2, 0.25) is 0 Å². The number of aliphatic hydroxyl groups is 1. The molecule has 222 valence electrons. The number of aliphatic hydroxyl groups excluding tert-OH is 1. The van der Waals surface area contributed by atoms with Crippen LogP contribution in [-0.4, -0.2) is 57.3 Å². The molecule has 0 saturated carbocycles. The summed E-state index contributed by atoms with van der Waals surface area (Å²) in [4.78, 5) is 38.4. The number of halogens is 2. The second-order valence-corrected chi connectivity index (χ2v) is 12.1. The average molecular weight is 614 g/mol. The van der Waals surface area contributed by atoms with Gasteiger partial charge in [-0.05, 0) is 39.1 Å². The third kappa shape index (κ3) is 6.72. The van der Waals surface area contributed by atoms with Crippen molar-refractivity contribution in [3.63, 3.8) is 0 Å². The lowest BCUT2D eigenvalue weighted by molar-refractivity contribution is -0.149. The Morgan fingerprint density at radius 3 is 2.63 bits per heavy atom.